The molecule has 0 spiro atoms. The van der Waals surface area contributed by atoms with Crippen molar-refractivity contribution in [1.29, 1.82) is 0 Å². The molecule has 0 atom stereocenters. The maximum atomic E-state index is 12.4. The van der Waals surface area contributed by atoms with Gasteiger partial charge >= 0.3 is 5.69 Å². The summed E-state index contributed by atoms with van der Waals surface area (Å²) >= 11 is 0. The molecule has 2 aromatic heterocycles. The monoisotopic (exact) mass is 315 g/mol. The van der Waals surface area contributed by atoms with Crippen LogP contribution in [-0.2, 0) is 20.6 Å². The van der Waals surface area contributed by atoms with Crippen LogP contribution in [0, 0.1) is 0 Å². The lowest BCUT2D eigenvalue weighted by Crippen LogP contribution is -2.42. The summed E-state index contributed by atoms with van der Waals surface area (Å²) in [4.78, 5) is 31.0. The predicted molar refractivity (Wildman–Crippen MR) is 85.3 cm³/mol. The minimum atomic E-state index is -0.312. The van der Waals surface area contributed by atoms with Gasteiger partial charge in [0.15, 0.2) is 11.2 Å². The Morgan fingerprint density at radius 1 is 1.19 bits per heavy atom. The molecule has 0 aliphatic heterocycles. The summed E-state index contributed by atoms with van der Waals surface area (Å²) in [5.41, 5.74) is 0.317. The molecular weight excluding hydrogens is 294 g/mol. The first-order valence-electron chi connectivity index (χ1n) is 6.84. The minimum absolute atomic E-state index is 0. The Morgan fingerprint density at radius 2 is 1.81 bits per heavy atom. The Kier molecular flexibility index (Phi) is 5.74. The zero-order chi connectivity index (χ0) is 14.9. The fourth-order valence-electron chi connectivity index (χ4n) is 2.37. The van der Waals surface area contributed by atoms with Crippen LogP contribution in [0.15, 0.2) is 15.9 Å². The van der Waals surface area contributed by atoms with E-state index in [1.54, 1.807) is 25.0 Å². The van der Waals surface area contributed by atoms with Crippen LogP contribution in [0.1, 0.15) is 13.8 Å². The smallest absolute Gasteiger partial charge is 0.328 e. The molecule has 0 saturated carbocycles. The van der Waals surface area contributed by atoms with E-state index in [1.807, 2.05) is 0 Å². The summed E-state index contributed by atoms with van der Waals surface area (Å²) in [7, 11) is 3.40. The number of imidazole rings is 1. The molecular formula is C13H22ClN5O2. The lowest BCUT2D eigenvalue weighted by molar-refractivity contribution is 0.286. The van der Waals surface area contributed by atoms with Crippen LogP contribution >= 0.6 is 12.4 Å². The topological polar surface area (TPSA) is 65.1 Å². The van der Waals surface area contributed by atoms with Crippen LogP contribution in [0.25, 0.3) is 11.2 Å². The van der Waals surface area contributed by atoms with Crippen LogP contribution in [0.2, 0.25) is 0 Å². The standard InChI is InChI=1S/C13H21N5O2.ClH/c1-5-17(6-2)7-8-18-12(19)10-11(14-9-15(10)3)16(4)13(18)20;/h9H,5-8H2,1-4H3;1H. The number of fused-ring (bicyclic) bond motifs is 1. The van der Waals surface area contributed by atoms with Gasteiger partial charge in [-0.05, 0) is 13.1 Å². The van der Waals surface area contributed by atoms with Gasteiger partial charge in [0.25, 0.3) is 5.56 Å². The van der Waals surface area contributed by atoms with Gasteiger partial charge in [-0.3, -0.25) is 13.9 Å². The second kappa shape index (κ2) is 6.91. The number of aryl methyl sites for hydroxylation is 2. The van der Waals surface area contributed by atoms with Crippen molar-refractivity contribution in [1.82, 2.24) is 23.6 Å². The van der Waals surface area contributed by atoms with Crippen molar-refractivity contribution >= 4 is 23.6 Å². The average Bonchev–Trinajstić information content (AvgIpc) is 2.83. The maximum Gasteiger partial charge on any atom is 0.332 e. The van der Waals surface area contributed by atoms with Crippen LogP contribution < -0.4 is 11.2 Å². The number of halogens is 1. The Hall–Kier alpha value is -1.60. The molecule has 2 aromatic rings. The Bertz CT molecular complexity index is 726. The largest absolute Gasteiger partial charge is 0.332 e. The van der Waals surface area contributed by atoms with Crippen molar-refractivity contribution in [3.63, 3.8) is 0 Å². The third-order valence-electron chi connectivity index (χ3n) is 3.74. The van der Waals surface area contributed by atoms with Gasteiger partial charge in [0.2, 0.25) is 0 Å². The van der Waals surface area contributed by atoms with Crippen molar-refractivity contribution in [2.45, 2.75) is 20.4 Å². The number of rotatable bonds is 5. The van der Waals surface area contributed by atoms with E-state index in [2.05, 4.69) is 23.7 Å². The molecule has 0 radical (unpaired) electrons. The Labute approximate surface area is 129 Å². The van der Waals surface area contributed by atoms with E-state index < -0.39 is 0 Å². The van der Waals surface area contributed by atoms with Gasteiger partial charge in [-0.25, -0.2) is 9.78 Å². The van der Waals surface area contributed by atoms with Gasteiger partial charge in [0.05, 0.1) is 6.33 Å². The van der Waals surface area contributed by atoms with E-state index in [4.69, 9.17) is 0 Å². The van der Waals surface area contributed by atoms with E-state index in [0.717, 1.165) is 13.1 Å². The van der Waals surface area contributed by atoms with E-state index in [-0.39, 0.29) is 23.7 Å². The summed E-state index contributed by atoms with van der Waals surface area (Å²) in [5, 5.41) is 0. The predicted octanol–water partition coefficient (Wildman–Crippen LogP) is 0.197. The minimum Gasteiger partial charge on any atom is -0.328 e. The van der Waals surface area contributed by atoms with Crippen molar-refractivity contribution in [3.05, 3.63) is 27.2 Å². The number of nitrogens with zero attached hydrogens (tertiary/aromatic N) is 5. The summed E-state index contributed by atoms with van der Waals surface area (Å²) in [6.07, 6.45) is 1.56. The first kappa shape index (κ1) is 17.5. The molecule has 0 N–H and O–H groups in total. The third-order valence-corrected chi connectivity index (χ3v) is 3.74. The zero-order valence-corrected chi connectivity index (χ0v) is 13.7. The van der Waals surface area contributed by atoms with Gasteiger partial charge < -0.3 is 9.47 Å². The van der Waals surface area contributed by atoms with E-state index in [9.17, 15) is 9.59 Å². The third kappa shape index (κ3) is 3.03. The SMILES string of the molecule is CCN(CC)CCn1c(=O)c2c(ncn2C)n(C)c1=O.Cl. The number of aromatic nitrogens is 4. The van der Waals surface area contributed by atoms with Crippen LogP contribution in [-0.4, -0.2) is 43.2 Å². The Morgan fingerprint density at radius 3 is 2.38 bits per heavy atom. The molecule has 0 saturated heterocycles. The molecule has 118 valence electrons. The highest BCUT2D eigenvalue weighted by Crippen LogP contribution is 2.02. The highest BCUT2D eigenvalue weighted by molar-refractivity contribution is 5.85. The summed E-state index contributed by atoms with van der Waals surface area (Å²) in [5.74, 6) is 0. The molecule has 0 amide bonds. The van der Waals surface area contributed by atoms with Gasteiger partial charge in [-0.15, -0.1) is 12.4 Å². The zero-order valence-electron chi connectivity index (χ0n) is 12.9. The molecule has 0 aliphatic rings. The fraction of sp³-hybridized carbons (Fsp3) is 0.615. The normalized spacial score (nSPS) is 11.1. The van der Waals surface area contributed by atoms with Gasteiger partial charge in [-0.2, -0.15) is 0 Å². The van der Waals surface area contributed by atoms with E-state index in [1.165, 1.54) is 9.13 Å². The van der Waals surface area contributed by atoms with E-state index >= 15 is 0 Å². The summed E-state index contributed by atoms with van der Waals surface area (Å²) in [6.45, 7) is 7.02. The molecule has 0 bridgehead atoms. The average molecular weight is 316 g/mol. The Balaban J connectivity index is 0.00000220. The van der Waals surface area contributed by atoms with Gasteiger partial charge in [0, 0.05) is 27.2 Å². The molecule has 21 heavy (non-hydrogen) atoms. The molecule has 0 aromatic carbocycles. The molecule has 2 heterocycles. The maximum absolute atomic E-state index is 12.4. The molecule has 0 fully saturated rings. The highest BCUT2D eigenvalue weighted by atomic mass is 35.5. The molecule has 0 unspecified atom stereocenters. The van der Waals surface area contributed by atoms with Gasteiger partial charge in [0.1, 0.15) is 0 Å². The highest BCUT2D eigenvalue weighted by Gasteiger charge is 2.14. The second-order valence-electron chi connectivity index (χ2n) is 4.85. The molecule has 8 heteroatoms. The van der Waals surface area contributed by atoms with Gasteiger partial charge in [-0.1, -0.05) is 13.8 Å². The molecule has 0 aliphatic carbocycles. The number of hydrogen-bond donors (Lipinski definition) is 0. The first-order valence-corrected chi connectivity index (χ1v) is 6.84. The van der Waals surface area contributed by atoms with Crippen molar-refractivity contribution in [3.8, 4) is 0 Å². The molecule has 7 nitrogen and oxygen atoms in total. The second-order valence-corrected chi connectivity index (χ2v) is 4.85. The first-order chi connectivity index (χ1) is 9.51. The molecule has 2 rings (SSSR count). The van der Waals surface area contributed by atoms with Crippen molar-refractivity contribution < 1.29 is 0 Å². The quantitative estimate of drug-likeness (QED) is 0.790. The summed E-state index contributed by atoms with van der Waals surface area (Å²) < 4.78 is 4.38. The lowest BCUT2D eigenvalue weighted by Gasteiger charge is -2.18. The number of likely N-dealkylation sites (N-methyl/N-ethyl adjacent to an activating group) is 1. The van der Waals surface area contributed by atoms with Crippen LogP contribution in [0.4, 0.5) is 0 Å². The lowest BCUT2D eigenvalue weighted by atomic mass is 10.4. The number of hydrogen-bond acceptors (Lipinski definition) is 4. The van der Waals surface area contributed by atoms with Crippen LogP contribution in [0.5, 0.6) is 0 Å². The van der Waals surface area contributed by atoms with E-state index in [0.29, 0.717) is 24.3 Å². The van der Waals surface area contributed by atoms with Crippen LogP contribution in [0.3, 0.4) is 0 Å². The fourth-order valence-corrected chi connectivity index (χ4v) is 2.37. The van der Waals surface area contributed by atoms with Crippen molar-refractivity contribution in [2.24, 2.45) is 14.1 Å². The van der Waals surface area contributed by atoms with Crippen molar-refractivity contribution in [2.75, 3.05) is 19.6 Å². The summed E-state index contributed by atoms with van der Waals surface area (Å²) in [6, 6.07) is 0.